The number of unbranched alkanes of at least 4 members (excludes halogenated alkanes) is 8. The van der Waals surface area contributed by atoms with Crippen molar-refractivity contribution in [3.63, 3.8) is 0 Å². The number of hydrogen-bond donors (Lipinski definition) is 2. The van der Waals surface area contributed by atoms with Crippen molar-refractivity contribution in [2.75, 3.05) is 0 Å². The molecule has 98 valence electrons. The average molecular weight is 248 g/mol. The minimum Gasteiger partial charge on any atom is -0.450 e. The van der Waals surface area contributed by atoms with Gasteiger partial charge in [0, 0.05) is 10.2 Å². The van der Waals surface area contributed by atoms with Crippen molar-refractivity contribution in [3.05, 3.63) is 0 Å². The summed E-state index contributed by atoms with van der Waals surface area (Å²) in [7, 11) is 1.41. The van der Waals surface area contributed by atoms with Gasteiger partial charge in [-0.2, -0.15) is 0 Å². The van der Waals surface area contributed by atoms with Crippen molar-refractivity contribution in [3.8, 4) is 0 Å². The molecule has 2 N–H and O–H groups in total. The van der Waals surface area contributed by atoms with Crippen LogP contribution in [0.15, 0.2) is 0 Å². The fourth-order valence-corrected chi connectivity index (χ4v) is 2.06. The van der Waals surface area contributed by atoms with E-state index in [1.165, 1.54) is 74.1 Å². The van der Waals surface area contributed by atoms with Gasteiger partial charge in [-0.1, -0.05) is 70.8 Å². The maximum absolute atomic E-state index is 8.56. The topological polar surface area (TPSA) is 57.5 Å². The lowest BCUT2D eigenvalue weighted by Gasteiger charge is -1.99. The van der Waals surface area contributed by atoms with Crippen LogP contribution in [0.3, 0.4) is 0 Å². The van der Waals surface area contributed by atoms with Gasteiger partial charge < -0.3 is 10.2 Å². The van der Waals surface area contributed by atoms with E-state index >= 15 is 0 Å². The van der Waals surface area contributed by atoms with E-state index < -0.39 is 6.16 Å². The zero-order valence-electron chi connectivity index (χ0n) is 10.9. The molecule has 3 nitrogen and oxygen atoms in total. The molecule has 0 fully saturated rings. The van der Waals surface area contributed by atoms with E-state index in [1.54, 1.807) is 0 Å². The summed E-state index contributed by atoms with van der Waals surface area (Å²) in [5.41, 5.74) is 0. The highest BCUT2D eigenvalue weighted by Gasteiger charge is 1.90. The van der Waals surface area contributed by atoms with Crippen molar-refractivity contribution in [1.82, 2.24) is 0 Å². The van der Waals surface area contributed by atoms with Crippen molar-refractivity contribution in [1.29, 1.82) is 0 Å². The summed E-state index contributed by atoms with van der Waals surface area (Å²) in [5.74, 6) is 0. The van der Waals surface area contributed by atoms with Crippen LogP contribution >= 0.6 is 0 Å². The van der Waals surface area contributed by atoms with Gasteiger partial charge in [-0.25, -0.2) is 4.79 Å². The number of carboxylic acid groups (broad SMARTS) is 2. The van der Waals surface area contributed by atoms with E-state index in [4.69, 9.17) is 15.0 Å². The number of carbonyl (C=O) groups is 1. The first-order valence-corrected chi connectivity index (χ1v) is 7.98. The van der Waals surface area contributed by atoms with Gasteiger partial charge in [0.1, 0.15) is 0 Å². The zero-order valence-corrected chi connectivity index (χ0v) is 12.9. The predicted molar refractivity (Wildman–Crippen MR) is 72.6 cm³/mol. The van der Waals surface area contributed by atoms with Gasteiger partial charge >= 0.3 is 6.16 Å². The smallest absolute Gasteiger partial charge is 0.450 e. The Morgan fingerprint density at radius 1 is 0.875 bits per heavy atom. The summed E-state index contributed by atoms with van der Waals surface area (Å²) in [6.45, 7) is 2.28. The van der Waals surface area contributed by atoms with Crippen LogP contribution in [-0.4, -0.2) is 26.6 Å². The fraction of sp³-hybridized carbons (Fsp3) is 0.917. The van der Waals surface area contributed by atoms with E-state index in [9.17, 15) is 0 Å². The Hall–Kier alpha value is -0.513. The molecule has 0 amide bonds. The standard InChI is InChI=1S/C11H26Si.CH2O3/c1-2-3-4-5-6-7-8-9-10-11-12;2-1(3)4/h2-11H2,1,12H3;(H2,2,3,4). The SMILES string of the molecule is CCCCCCCCCCC[SiH3].O=C(O)O. The molecule has 16 heavy (non-hydrogen) atoms. The van der Waals surface area contributed by atoms with Gasteiger partial charge in [0.05, 0.1) is 0 Å². The maximum Gasteiger partial charge on any atom is 0.503 e. The van der Waals surface area contributed by atoms with Gasteiger partial charge in [0.25, 0.3) is 0 Å². The molecule has 0 spiro atoms. The molecule has 0 atom stereocenters. The molecule has 4 heteroatoms. The van der Waals surface area contributed by atoms with Gasteiger partial charge in [0.15, 0.2) is 0 Å². The van der Waals surface area contributed by atoms with Gasteiger partial charge in [-0.3, -0.25) is 0 Å². The Balaban J connectivity index is 0. The second-order valence-corrected chi connectivity index (χ2v) is 5.11. The van der Waals surface area contributed by atoms with E-state index in [0.717, 1.165) is 0 Å². The first kappa shape index (κ1) is 17.9. The molecule has 0 heterocycles. The van der Waals surface area contributed by atoms with Gasteiger partial charge in [-0.15, -0.1) is 0 Å². The van der Waals surface area contributed by atoms with Crippen LogP contribution in [0.2, 0.25) is 6.04 Å². The summed E-state index contributed by atoms with van der Waals surface area (Å²) < 4.78 is 0. The highest BCUT2D eigenvalue weighted by Crippen LogP contribution is 2.09. The first-order valence-electron chi connectivity index (χ1n) is 6.57. The lowest BCUT2D eigenvalue weighted by atomic mass is 10.1. The molecule has 0 aliphatic carbocycles. The Bertz CT molecular complexity index is 126. The van der Waals surface area contributed by atoms with E-state index in [-0.39, 0.29) is 0 Å². The zero-order chi connectivity index (χ0) is 12.6. The van der Waals surface area contributed by atoms with E-state index in [0.29, 0.717) is 0 Å². The molecule has 0 aliphatic heterocycles. The fourth-order valence-electron chi connectivity index (χ4n) is 1.56. The third kappa shape index (κ3) is 29.2. The second-order valence-electron chi connectivity index (χ2n) is 4.11. The molecule has 0 unspecified atom stereocenters. The Morgan fingerprint density at radius 2 is 1.19 bits per heavy atom. The largest absolute Gasteiger partial charge is 0.503 e. The molecule has 0 aromatic carbocycles. The van der Waals surface area contributed by atoms with Gasteiger partial charge in [0.2, 0.25) is 0 Å². The van der Waals surface area contributed by atoms with Gasteiger partial charge in [-0.05, 0) is 0 Å². The molecule has 0 rings (SSSR count). The van der Waals surface area contributed by atoms with Crippen LogP contribution in [0.4, 0.5) is 4.79 Å². The van der Waals surface area contributed by atoms with Crippen molar-refractivity contribution >= 4 is 16.4 Å². The first-order chi connectivity index (χ1) is 7.65. The van der Waals surface area contributed by atoms with Crippen molar-refractivity contribution in [2.45, 2.75) is 70.8 Å². The Labute approximate surface area is 103 Å². The highest BCUT2D eigenvalue weighted by molar-refractivity contribution is 6.08. The summed E-state index contributed by atoms with van der Waals surface area (Å²) >= 11 is 0. The quantitative estimate of drug-likeness (QED) is 0.485. The molecule has 0 bridgehead atoms. The normalized spacial score (nSPS) is 9.56. The monoisotopic (exact) mass is 248 g/mol. The Morgan fingerprint density at radius 3 is 1.50 bits per heavy atom. The summed E-state index contributed by atoms with van der Waals surface area (Å²) in [6, 6.07) is 1.51. The lowest BCUT2D eigenvalue weighted by molar-refractivity contribution is 0.137. The molecule has 0 saturated carbocycles. The Kier molecular flexibility index (Phi) is 18.9. The molecule has 0 saturated heterocycles. The molecular weight excluding hydrogens is 220 g/mol. The number of hydrogen-bond acceptors (Lipinski definition) is 1. The van der Waals surface area contributed by atoms with E-state index in [2.05, 4.69) is 6.92 Å². The predicted octanol–water partition coefficient (Wildman–Crippen LogP) is 3.52. The van der Waals surface area contributed by atoms with Crippen LogP contribution in [0.5, 0.6) is 0 Å². The third-order valence-electron chi connectivity index (χ3n) is 2.46. The summed E-state index contributed by atoms with van der Waals surface area (Å²) in [5, 5.41) is 13.9. The average Bonchev–Trinajstić information content (AvgIpc) is 2.21. The highest BCUT2D eigenvalue weighted by atomic mass is 28.1. The van der Waals surface area contributed by atoms with Crippen LogP contribution in [-0.2, 0) is 0 Å². The minimum absolute atomic E-state index is 1.38. The minimum atomic E-state index is -1.83. The third-order valence-corrected chi connectivity index (χ3v) is 3.16. The lowest BCUT2D eigenvalue weighted by Crippen LogP contribution is -1.81. The second kappa shape index (κ2) is 16.9. The van der Waals surface area contributed by atoms with Crippen LogP contribution in [0.1, 0.15) is 64.7 Å². The molecule has 0 aliphatic rings. The van der Waals surface area contributed by atoms with E-state index in [1.807, 2.05) is 0 Å². The van der Waals surface area contributed by atoms with Crippen molar-refractivity contribution < 1.29 is 15.0 Å². The van der Waals surface area contributed by atoms with Crippen LogP contribution < -0.4 is 0 Å². The van der Waals surface area contributed by atoms with Crippen LogP contribution in [0, 0.1) is 0 Å². The number of rotatable bonds is 9. The van der Waals surface area contributed by atoms with Crippen molar-refractivity contribution in [2.24, 2.45) is 0 Å². The molecular formula is C12H28O3Si. The van der Waals surface area contributed by atoms with Crippen LogP contribution in [0.25, 0.3) is 0 Å². The molecule has 0 aromatic heterocycles. The molecule has 0 radical (unpaired) electrons. The summed E-state index contributed by atoms with van der Waals surface area (Å²) in [4.78, 5) is 8.56. The molecule has 0 aromatic rings. The maximum atomic E-state index is 8.56. The summed E-state index contributed by atoms with van der Waals surface area (Å²) in [6.07, 6.45) is 11.4.